The molecule has 1 unspecified atom stereocenters. The molecular formula is C11H13ClN4S. The van der Waals surface area contributed by atoms with Crippen LogP contribution in [0.2, 0.25) is 5.02 Å². The van der Waals surface area contributed by atoms with Crippen LogP contribution in [0.1, 0.15) is 6.42 Å². The average Bonchev–Trinajstić information content (AvgIpc) is 2.91. The molecule has 1 aliphatic heterocycles. The van der Waals surface area contributed by atoms with E-state index in [0.717, 1.165) is 41.3 Å². The number of likely N-dealkylation sites (N-methyl/N-ethyl adjacent to an activating group) is 1. The lowest BCUT2D eigenvalue weighted by Crippen LogP contribution is -2.23. The molecule has 0 amide bonds. The zero-order valence-corrected chi connectivity index (χ0v) is 11.1. The highest BCUT2D eigenvalue weighted by Crippen LogP contribution is 2.31. The first-order valence-corrected chi connectivity index (χ1v) is 6.71. The maximum absolute atomic E-state index is 6.24. The third kappa shape index (κ3) is 2.10. The van der Waals surface area contributed by atoms with Gasteiger partial charge in [0.2, 0.25) is 0 Å². The lowest BCUT2D eigenvalue weighted by Gasteiger charge is -2.15. The summed E-state index contributed by atoms with van der Waals surface area (Å²) in [4.78, 5) is 2.31. The molecule has 4 nitrogen and oxygen atoms in total. The Labute approximate surface area is 109 Å². The van der Waals surface area contributed by atoms with Crippen LogP contribution in [-0.4, -0.2) is 39.8 Å². The van der Waals surface area contributed by atoms with Gasteiger partial charge < -0.3 is 10.2 Å². The summed E-state index contributed by atoms with van der Waals surface area (Å²) in [6.45, 7) is 2.17. The van der Waals surface area contributed by atoms with E-state index in [9.17, 15) is 0 Å². The molecule has 2 aromatic rings. The summed E-state index contributed by atoms with van der Waals surface area (Å²) in [5.41, 5.74) is 2.73. The van der Waals surface area contributed by atoms with Gasteiger partial charge in [0.15, 0.2) is 0 Å². The first-order valence-electron chi connectivity index (χ1n) is 5.60. The highest BCUT2D eigenvalue weighted by atomic mass is 35.5. The maximum Gasteiger partial charge on any atom is 0.129 e. The Morgan fingerprint density at radius 3 is 3.12 bits per heavy atom. The van der Waals surface area contributed by atoms with Gasteiger partial charge in [-0.1, -0.05) is 11.6 Å². The molecule has 0 radical (unpaired) electrons. The Bertz CT molecular complexity index is 541. The highest BCUT2D eigenvalue weighted by Gasteiger charge is 2.21. The molecule has 1 atom stereocenters. The van der Waals surface area contributed by atoms with Crippen molar-refractivity contribution >= 4 is 40.0 Å². The number of benzene rings is 1. The van der Waals surface area contributed by atoms with Gasteiger partial charge in [-0.3, -0.25) is 0 Å². The summed E-state index contributed by atoms with van der Waals surface area (Å²) in [6.07, 6.45) is 1.14. The number of fused-ring (bicyclic) bond motifs is 1. The first kappa shape index (κ1) is 11.2. The third-order valence-electron chi connectivity index (χ3n) is 3.12. The predicted molar refractivity (Wildman–Crippen MR) is 71.9 cm³/mol. The van der Waals surface area contributed by atoms with Gasteiger partial charge in [-0.25, -0.2) is 0 Å². The zero-order chi connectivity index (χ0) is 11.8. The van der Waals surface area contributed by atoms with E-state index in [1.165, 1.54) is 11.7 Å². The number of nitrogens with one attached hydrogen (secondary N) is 1. The standard InChI is InChI=1S/C11H13ClN4S/c1-16-5-4-7(6-16)13-10-8(12)2-3-9-11(10)15-17-14-9/h2-3,7,13H,4-6H2,1H3. The Balaban J connectivity index is 1.93. The minimum absolute atomic E-state index is 0.449. The van der Waals surface area contributed by atoms with Crippen molar-refractivity contribution in [1.29, 1.82) is 0 Å². The fraction of sp³-hybridized carbons (Fsp3) is 0.455. The molecule has 6 heteroatoms. The Morgan fingerprint density at radius 1 is 1.47 bits per heavy atom. The van der Waals surface area contributed by atoms with E-state index in [2.05, 4.69) is 26.0 Å². The monoisotopic (exact) mass is 268 g/mol. The van der Waals surface area contributed by atoms with Gasteiger partial charge >= 0.3 is 0 Å². The molecule has 3 rings (SSSR count). The van der Waals surface area contributed by atoms with Gasteiger partial charge in [0, 0.05) is 12.6 Å². The molecule has 2 heterocycles. The smallest absolute Gasteiger partial charge is 0.129 e. The molecule has 0 aliphatic carbocycles. The summed E-state index contributed by atoms with van der Waals surface area (Å²) >= 11 is 7.46. The van der Waals surface area contributed by atoms with Crippen molar-refractivity contribution in [1.82, 2.24) is 13.6 Å². The van der Waals surface area contributed by atoms with E-state index in [4.69, 9.17) is 11.6 Å². The van der Waals surface area contributed by atoms with Crippen LogP contribution in [0, 0.1) is 0 Å². The van der Waals surface area contributed by atoms with Gasteiger partial charge in [0.1, 0.15) is 11.0 Å². The van der Waals surface area contributed by atoms with Crippen LogP contribution >= 0.6 is 23.3 Å². The van der Waals surface area contributed by atoms with Crippen LogP contribution in [0.3, 0.4) is 0 Å². The molecule has 1 aromatic carbocycles. The summed E-state index contributed by atoms with van der Waals surface area (Å²) in [6, 6.07) is 4.24. The van der Waals surface area contributed by atoms with E-state index in [1.807, 2.05) is 12.1 Å². The molecule has 1 aliphatic rings. The van der Waals surface area contributed by atoms with Crippen LogP contribution in [-0.2, 0) is 0 Å². The van der Waals surface area contributed by atoms with Gasteiger partial charge in [-0.2, -0.15) is 8.75 Å². The van der Waals surface area contributed by atoms with Crippen molar-refractivity contribution in [3.63, 3.8) is 0 Å². The Hall–Kier alpha value is -0.910. The summed E-state index contributed by atoms with van der Waals surface area (Å²) in [7, 11) is 2.13. The highest BCUT2D eigenvalue weighted by molar-refractivity contribution is 7.00. The Morgan fingerprint density at radius 2 is 2.35 bits per heavy atom. The van der Waals surface area contributed by atoms with Gasteiger partial charge in [0.05, 0.1) is 22.4 Å². The number of hydrogen-bond acceptors (Lipinski definition) is 5. The predicted octanol–water partition coefficient (Wildman–Crippen LogP) is 2.46. The van der Waals surface area contributed by atoms with Crippen LogP contribution in [0.25, 0.3) is 11.0 Å². The molecule has 1 fully saturated rings. The normalized spacial score (nSPS) is 21.2. The summed E-state index contributed by atoms with van der Waals surface area (Å²) in [5, 5.41) is 4.22. The minimum Gasteiger partial charge on any atom is -0.378 e. The van der Waals surface area contributed by atoms with Crippen LogP contribution in [0.15, 0.2) is 12.1 Å². The minimum atomic E-state index is 0.449. The van der Waals surface area contributed by atoms with Crippen LogP contribution in [0.4, 0.5) is 5.69 Å². The summed E-state index contributed by atoms with van der Waals surface area (Å²) < 4.78 is 8.54. The van der Waals surface area contributed by atoms with E-state index < -0.39 is 0 Å². The molecule has 90 valence electrons. The van der Waals surface area contributed by atoms with Crippen molar-refractivity contribution in [2.24, 2.45) is 0 Å². The number of likely N-dealkylation sites (tertiary alicyclic amines) is 1. The van der Waals surface area contributed by atoms with Gasteiger partial charge in [-0.05, 0) is 32.1 Å². The second-order valence-corrected chi connectivity index (χ2v) is 5.38. The topological polar surface area (TPSA) is 41.0 Å². The van der Waals surface area contributed by atoms with E-state index in [1.54, 1.807) is 0 Å². The second-order valence-electron chi connectivity index (χ2n) is 4.45. The number of hydrogen-bond donors (Lipinski definition) is 1. The van der Waals surface area contributed by atoms with Crippen molar-refractivity contribution in [3.05, 3.63) is 17.2 Å². The van der Waals surface area contributed by atoms with Crippen LogP contribution < -0.4 is 5.32 Å². The molecule has 17 heavy (non-hydrogen) atoms. The number of aromatic nitrogens is 2. The fourth-order valence-corrected chi connectivity index (χ4v) is 2.97. The number of nitrogens with zero attached hydrogens (tertiary/aromatic N) is 3. The maximum atomic E-state index is 6.24. The zero-order valence-electron chi connectivity index (χ0n) is 9.48. The lowest BCUT2D eigenvalue weighted by molar-refractivity contribution is 0.414. The Kier molecular flexibility index (Phi) is 2.90. The van der Waals surface area contributed by atoms with Crippen molar-refractivity contribution in [2.75, 3.05) is 25.5 Å². The molecular weight excluding hydrogens is 256 g/mol. The van der Waals surface area contributed by atoms with E-state index in [-0.39, 0.29) is 0 Å². The fourth-order valence-electron chi connectivity index (χ4n) is 2.22. The largest absolute Gasteiger partial charge is 0.378 e. The summed E-state index contributed by atoms with van der Waals surface area (Å²) in [5.74, 6) is 0. The van der Waals surface area contributed by atoms with Crippen LogP contribution in [0.5, 0.6) is 0 Å². The molecule has 0 bridgehead atoms. The van der Waals surface area contributed by atoms with Crippen molar-refractivity contribution in [3.8, 4) is 0 Å². The van der Waals surface area contributed by atoms with E-state index >= 15 is 0 Å². The number of rotatable bonds is 2. The lowest BCUT2D eigenvalue weighted by atomic mass is 10.2. The average molecular weight is 269 g/mol. The molecule has 1 aromatic heterocycles. The quantitative estimate of drug-likeness (QED) is 0.908. The first-order chi connectivity index (χ1) is 8.24. The second kappa shape index (κ2) is 4.40. The molecule has 0 spiro atoms. The van der Waals surface area contributed by atoms with Crippen molar-refractivity contribution in [2.45, 2.75) is 12.5 Å². The molecule has 0 saturated carbocycles. The van der Waals surface area contributed by atoms with Gasteiger partial charge in [-0.15, -0.1) is 0 Å². The third-order valence-corrected chi connectivity index (χ3v) is 3.97. The number of anilines is 1. The van der Waals surface area contributed by atoms with Crippen molar-refractivity contribution < 1.29 is 0 Å². The van der Waals surface area contributed by atoms with Gasteiger partial charge in [0.25, 0.3) is 0 Å². The van der Waals surface area contributed by atoms with E-state index in [0.29, 0.717) is 6.04 Å². The molecule has 1 N–H and O–H groups in total. The molecule has 1 saturated heterocycles. The number of halogens is 1. The SMILES string of the molecule is CN1CCC(Nc2c(Cl)ccc3nsnc23)C1.